The summed E-state index contributed by atoms with van der Waals surface area (Å²) < 4.78 is 39.1. The number of benzene rings is 2. The van der Waals surface area contributed by atoms with Crippen molar-refractivity contribution in [3.8, 4) is 11.1 Å². The molecule has 5 heteroatoms. The van der Waals surface area contributed by atoms with Gasteiger partial charge in [0.05, 0.1) is 5.56 Å². The summed E-state index contributed by atoms with van der Waals surface area (Å²) in [6, 6.07) is 11.3. The molecule has 0 radical (unpaired) electrons. The van der Waals surface area contributed by atoms with Gasteiger partial charge in [0.25, 0.3) is 5.24 Å². The van der Waals surface area contributed by atoms with E-state index in [1.165, 1.54) is 24.3 Å². The van der Waals surface area contributed by atoms with Crippen LogP contribution in [0.2, 0.25) is 0 Å². The summed E-state index contributed by atoms with van der Waals surface area (Å²) in [4.78, 5) is 11.3. The van der Waals surface area contributed by atoms with Crippen molar-refractivity contribution in [1.82, 2.24) is 0 Å². The third-order valence-electron chi connectivity index (χ3n) is 2.64. The maximum absolute atomic E-state index is 13.0. The summed E-state index contributed by atoms with van der Waals surface area (Å²) in [5, 5.41) is -0.912. The van der Waals surface area contributed by atoms with Crippen molar-refractivity contribution >= 4 is 16.8 Å². The Hall–Kier alpha value is -1.81. The highest BCUT2D eigenvalue weighted by Crippen LogP contribution is 2.39. The van der Waals surface area contributed by atoms with E-state index in [2.05, 4.69) is 0 Å². The van der Waals surface area contributed by atoms with Gasteiger partial charge < -0.3 is 0 Å². The lowest BCUT2D eigenvalue weighted by atomic mass is 9.94. The molecule has 0 unspecified atom stereocenters. The molecule has 19 heavy (non-hydrogen) atoms. The number of halogens is 4. The van der Waals surface area contributed by atoms with E-state index < -0.39 is 17.0 Å². The molecule has 98 valence electrons. The van der Waals surface area contributed by atoms with Crippen LogP contribution in [0.1, 0.15) is 15.9 Å². The monoisotopic (exact) mass is 284 g/mol. The Morgan fingerprint density at radius 1 is 0.947 bits per heavy atom. The molecule has 0 N–H and O–H groups in total. The highest BCUT2D eigenvalue weighted by atomic mass is 35.5. The second kappa shape index (κ2) is 5.05. The van der Waals surface area contributed by atoms with Crippen LogP contribution in [0.15, 0.2) is 48.5 Å². The zero-order valence-electron chi connectivity index (χ0n) is 9.54. The SMILES string of the molecule is O=C(Cl)c1cccc(C(F)(F)F)c1-c1ccccc1. The largest absolute Gasteiger partial charge is 0.417 e. The molecule has 0 heterocycles. The van der Waals surface area contributed by atoms with Gasteiger partial charge in [-0.25, -0.2) is 0 Å². The maximum Gasteiger partial charge on any atom is 0.417 e. The van der Waals surface area contributed by atoms with Crippen LogP contribution in [0.3, 0.4) is 0 Å². The van der Waals surface area contributed by atoms with E-state index in [4.69, 9.17) is 11.6 Å². The maximum atomic E-state index is 13.0. The third kappa shape index (κ3) is 2.79. The number of alkyl halides is 3. The van der Waals surface area contributed by atoms with E-state index in [0.29, 0.717) is 5.56 Å². The van der Waals surface area contributed by atoms with Gasteiger partial charge in [0, 0.05) is 11.1 Å². The Morgan fingerprint density at radius 2 is 1.58 bits per heavy atom. The van der Waals surface area contributed by atoms with Gasteiger partial charge in [0.1, 0.15) is 0 Å². The second-order valence-electron chi connectivity index (χ2n) is 3.87. The van der Waals surface area contributed by atoms with Crippen molar-refractivity contribution in [2.45, 2.75) is 6.18 Å². The van der Waals surface area contributed by atoms with E-state index in [0.717, 1.165) is 6.07 Å². The minimum absolute atomic E-state index is 0.150. The lowest BCUT2D eigenvalue weighted by Gasteiger charge is -2.15. The molecular formula is C14H8ClF3O. The average molecular weight is 285 g/mol. The van der Waals surface area contributed by atoms with E-state index in [1.807, 2.05) is 0 Å². The standard InChI is InChI=1S/C14H8ClF3O/c15-13(19)10-7-4-8-11(14(16,17)18)12(10)9-5-2-1-3-6-9/h1-8H. The molecule has 0 aliphatic carbocycles. The summed E-state index contributed by atoms with van der Waals surface area (Å²) in [5.74, 6) is 0. The Bertz CT molecular complexity index is 606. The van der Waals surface area contributed by atoms with Crippen LogP contribution in [0.4, 0.5) is 13.2 Å². The first-order valence-corrected chi connectivity index (χ1v) is 5.74. The minimum atomic E-state index is -4.55. The predicted octanol–water partition coefficient (Wildman–Crippen LogP) is 4.75. The van der Waals surface area contributed by atoms with Crippen molar-refractivity contribution < 1.29 is 18.0 Å². The van der Waals surface area contributed by atoms with E-state index in [-0.39, 0.29) is 11.1 Å². The zero-order valence-corrected chi connectivity index (χ0v) is 10.3. The lowest BCUT2D eigenvalue weighted by Crippen LogP contribution is -2.10. The van der Waals surface area contributed by atoms with Gasteiger partial charge in [0.15, 0.2) is 0 Å². The molecule has 0 aliphatic heterocycles. The number of hydrogen-bond donors (Lipinski definition) is 0. The normalized spacial score (nSPS) is 11.4. The highest BCUT2D eigenvalue weighted by Gasteiger charge is 2.35. The molecule has 2 aromatic carbocycles. The van der Waals surface area contributed by atoms with Crippen molar-refractivity contribution in [2.75, 3.05) is 0 Å². The summed E-state index contributed by atoms with van der Waals surface area (Å²) >= 11 is 5.37. The molecule has 0 spiro atoms. The molecular weight excluding hydrogens is 277 g/mol. The van der Waals surface area contributed by atoms with Gasteiger partial charge in [-0.2, -0.15) is 13.2 Å². The van der Waals surface area contributed by atoms with Gasteiger partial charge in [-0.3, -0.25) is 4.79 Å². The fourth-order valence-corrected chi connectivity index (χ4v) is 2.03. The Kier molecular flexibility index (Phi) is 3.62. The van der Waals surface area contributed by atoms with Gasteiger partial charge in [-0.05, 0) is 29.3 Å². The van der Waals surface area contributed by atoms with Gasteiger partial charge in [-0.15, -0.1) is 0 Å². The molecule has 0 aliphatic rings. The topological polar surface area (TPSA) is 17.1 Å². The summed E-state index contributed by atoms with van der Waals surface area (Å²) in [6.07, 6.45) is -4.55. The number of hydrogen-bond acceptors (Lipinski definition) is 1. The molecule has 0 amide bonds. The molecule has 0 atom stereocenters. The summed E-state index contributed by atoms with van der Waals surface area (Å²) in [6.45, 7) is 0. The van der Waals surface area contributed by atoms with E-state index >= 15 is 0 Å². The van der Waals surface area contributed by atoms with Crippen molar-refractivity contribution in [3.63, 3.8) is 0 Å². The highest BCUT2D eigenvalue weighted by molar-refractivity contribution is 6.68. The zero-order chi connectivity index (χ0) is 14.0. The fourth-order valence-electron chi connectivity index (χ4n) is 1.87. The summed E-state index contributed by atoms with van der Waals surface area (Å²) in [5.41, 5.74) is -0.900. The first-order chi connectivity index (χ1) is 8.91. The Balaban J connectivity index is 2.78. The number of rotatable bonds is 2. The molecule has 0 fully saturated rings. The van der Waals surface area contributed by atoms with Crippen LogP contribution in [-0.2, 0) is 6.18 Å². The van der Waals surface area contributed by atoms with Crippen LogP contribution in [0, 0.1) is 0 Å². The second-order valence-corrected chi connectivity index (χ2v) is 4.21. The number of carbonyl (C=O) groups excluding carboxylic acids is 1. The lowest BCUT2D eigenvalue weighted by molar-refractivity contribution is -0.137. The fraction of sp³-hybridized carbons (Fsp3) is 0.0714. The van der Waals surface area contributed by atoms with Gasteiger partial charge >= 0.3 is 6.18 Å². The van der Waals surface area contributed by atoms with Crippen molar-refractivity contribution in [1.29, 1.82) is 0 Å². The molecule has 0 saturated heterocycles. The van der Waals surface area contributed by atoms with Crippen molar-refractivity contribution in [2.24, 2.45) is 0 Å². The van der Waals surface area contributed by atoms with Crippen molar-refractivity contribution in [3.05, 3.63) is 59.7 Å². The Labute approximate surface area is 112 Å². The third-order valence-corrected chi connectivity index (χ3v) is 2.85. The number of carbonyl (C=O) groups is 1. The van der Waals surface area contributed by atoms with Gasteiger partial charge in [-0.1, -0.05) is 36.4 Å². The van der Waals surface area contributed by atoms with Gasteiger partial charge in [0.2, 0.25) is 0 Å². The van der Waals surface area contributed by atoms with E-state index in [9.17, 15) is 18.0 Å². The molecule has 0 aromatic heterocycles. The average Bonchev–Trinajstić information content (AvgIpc) is 2.37. The van der Waals surface area contributed by atoms with Crippen LogP contribution in [-0.4, -0.2) is 5.24 Å². The molecule has 2 aromatic rings. The quantitative estimate of drug-likeness (QED) is 0.727. The van der Waals surface area contributed by atoms with Crippen LogP contribution < -0.4 is 0 Å². The van der Waals surface area contributed by atoms with Crippen LogP contribution >= 0.6 is 11.6 Å². The molecule has 1 nitrogen and oxygen atoms in total. The smallest absolute Gasteiger partial charge is 0.276 e. The minimum Gasteiger partial charge on any atom is -0.276 e. The van der Waals surface area contributed by atoms with Crippen LogP contribution in [0.25, 0.3) is 11.1 Å². The first-order valence-electron chi connectivity index (χ1n) is 5.36. The predicted molar refractivity (Wildman–Crippen MR) is 67.1 cm³/mol. The molecule has 2 rings (SSSR count). The van der Waals surface area contributed by atoms with Crippen LogP contribution in [0.5, 0.6) is 0 Å². The first kappa shape index (κ1) is 13.6. The molecule has 0 saturated carbocycles. The summed E-state index contributed by atoms with van der Waals surface area (Å²) in [7, 11) is 0. The Morgan fingerprint density at radius 3 is 2.11 bits per heavy atom. The van der Waals surface area contributed by atoms with E-state index in [1.54, 1.807) is 18.2 Å². The molecule has 0 bridgehead atoms.